The first-order chi connectivity index (χ1) is 22.1. The Bertz CT molecular complexity index is 1500. The number of benzene rings is 2. The summed E-state index contributed by atoms with van der Waals surface area (Å²) in [7, 11) is 0. The monoisotopic (exact) mass is 666 g/mol. The molecular formula is C37H47ClN2O7. The molecule has 6 atom stereocenters. The smallest absolute Gasteiger partial charge is 0.347 e. The fourth-order valence-electron chi connectivity index (χ4n) is 5.60. The molecule has 2 aromatic rings. The van der Waals surface area contributed by atoms with Gasteiger partial charge in [-0.05, 0) is 68.9 Å². The lowest BCUT2D eigenvalue weighted by Gasteiger charge is -2.29. The fourth-order valence-corrected chi connectivity index (χ4v) is 5.80. The Morgan fingerprint density at radius 2 is 1.74 bits per heavy atom. The maximum atomic E-state index is 13.6. The summed E-state index contributed by atoms with van der Waals surface area (Å²) in [6.07, 6.45) is 1.47. The van der Waals surface area contributed by atoms with Gasteiger partial charge < -0.3 is 24.8 Å². The van der Waals surface area contributed by atoms with Crippen LogP contribution >= 0.6 is 11.6 Å². The van der Waals surface area contributed by atoms with Crippen molar-refractivity contribution in [3.8, 4) is 0 Å². The first-order valence-corrected chi connectivity index (χ1v) is 16.7. The largest absolute Gasteiger partial charge is 0.459 e. The molecule has 0 saturated carbocycles. The molecule has 0 aliphatic carbocycles. The Morgan fingerprint density at radius 3 is 2.43 bits per heavy atom. The third-order valence-electron chi connectivity index (χ3n) is 8.67. The van der Waals surface area contributed by atoms with Gasteiger partial charge in [-0.15, -0.1) is 0 Å². The Hall–Kier alpha value is -3.69. The van der Waals surface area contributed by atoms with E-state index in [1.54, 1.807) is 26.0 Å². The van der Waals surface area contributed by atoms with Gasteiger partial charge in [0.15, 0.2) is 6.10 Å². The number of carbonyl (C=O) groups is 4. The van der Waals surface area contributed by atoms with Gasteiger partial charge in [0.2, 0.25) is 11.8 Å². The van der Waals surface area contributed by atoms with Crippen LogP contribution in [0.25, 0.3) is 0 Å². The van der Waals surface area contributed by atoms with Gasteiger partial charge in [0.05, 0.1) is 11.5 Å². The van der Waals surface area contributed by atoms with Crippen LogP contribution < -0.4 is 10.6 Å². The molecule has 0 spiro atoms. The zero-order valence-corrected chi connectivity index (χ0v) is 29.1. The number of nitrogens with one attached hydrogen (secondary N) is 2. The van der Waals surface area contributed by atoms with E-state index in [2.05, 4.69) is 16.7 Å². The zero-order valence-electron chi connectivity index (χ0n) is 28.3. The van der Waals surface area contributed by atoms with Crippen molar-refractivity contribution in [1.82, 2.24) is 10.6 Å². The molecule has 9 nitrogen and oxygen atoms in total. The Kier molecular flexibility index (Phi) is 11.9. The van der Waals surface area contributed by atoms with Gasteiger partial charge in [0.1, 0.15) is 18.2 Å². The number of halogens is 1. The van der Waals surface area contributed by atoms with Gasteiger partial charge in [-0.1, -0.05) is 80.4 Å². The third kappa shape index (κ3) is 9.91. The molecule has 10 heteroatoms. The molecule has 47 heavy (non-hydrogen) atoms. The molecule has 254 valence electrons. The van der Waals surface area contributed by atoms with Crippen LogP contribution in [-0.2, 0) is 39.8 Å². The number of esters is 2. The van der Waals surface area contributed by atoms with Crippen LogP contribution in [0.4, 0.5) is 0 Å². The minimum Gasteiger partial charge on any atom is -0.459 e. The first kappa shape index (κ1) is 36.2. The summed E-state index contributed by atoms with van der Waals surface area (Å²) < 4.78 is 17.9. The van der Waals surface area contributed by atoms with Crippen LogP contribution in [0.2, 0.25) is 5.02 Å². The van der Waals surface area contributed by atoms with E-state index < -0.39 is 47.4 Å². The average molecular weight is 667 g/mol. The van der Waals surface area contributed by atoms with Crippen LogP contribution in [-0.4, -0.2) is 54.7 Å². The van der Waals surface area contributed by atoms with Crippen molar-refractivity contribution in [2.75, 3.05) is 6.54 Å². The third-order valence-corrected chi connectivity index (χ3v) is 9.08. The molecule has 2 aliphatic heterocycles. The van der Waals surface area contributed by atoms with Gasteiger partial charge in [-0.2, -0.15) is 0 Å². The molecule has 2 aromatic carbocycles. The van der Waals surface area contributed by atoms with Crippen molar-refractivity contribution in [3.63, 3.8) is 0 Å². The van der Waals surface area contributed by atoms with Gasteiger partial charge in [-0.3, -0.25) is 14.4 Å². The van der Waals surface area contributed by atoms with Gasteiger partial charge >= 0.3 is 11.9 Å². The molecule has 0 aromatic heterocycles. The maximum absolute atomic E-state index is 13.6. The quantitative estimate of drug-likeness (QED) is 0.286. The topological polar surface area (TPSA) is 123 Å². The Morgan fingerprint density at radius 1 is 1.00 bits per heavy atom. The first-order valence-electron chi connectivity index (χ1n) is 16.3. The van der Waals surface area contributed by atoms with E-state index in [1.807, 2.05) is 65.0 Å². The highest BCUT2D eigenvalue weighted by molar-refractivity contribution is 6.31. The zero-order chi connectivity index (χ0) is 34.5. The molecule has 0 bridgehead atoms. The van der Waals surface area contributed by atoms with Crippen molar-refractivity contribution in [1.29, 1.82) is 0 Å². The second-order valence-electron chi connectivity index (χ2n) is 13.9. The second-order valence-corrected chi connectivity index (χ2v) is 14.3. The van der Waals surface area contributed by atoms with Gasteiger partial charge in [0, 0.05) is 30.3 Å². The molecule has 2 amide bonds. The number of rotatable bonds is 7. The lowest BCUT2D eigenvalue weighted by molar-refractivity contribution is -0.179. The van der Waals surface area contributed by atoms with Crippen LogP contribution in [0.5, 0.6) is 0 Å². The number of cyclic esters (lactones) is 2. The number of amides is 2. The second kappa shape index (κ2) is 15.5. The number of epoxide rings is 1. The van der Waals surface area contributed by atoms with E-state index in [0.717, 1.165) is 22.3 Å². The number of hydrogen-bond acceptors (Lipinski definition) is 7. The summed E-state index contributed by atoms with van der Waals surface area (Å²) in [5.41, 5.74) is 2.65. The SMILES string of the molecule is Cc1cccc([C@H]2O[C@@H]2[C@@H](C)[C@@H]2C/C=C/C(=O)N[C@H](Cc3ccc(C)c(Cl)c3)C(=O)NCC(C)(C)C(=O)O[C@@H](CC(C)C)C(=O)O2)c1. The number of carbonyl (C=O) groups excluding carboxylic acids is 4. The molecular weight excluding hydrogens is 620 g/mol. The maximum Gasteiger partial charge on any atom is 0.347 e. The standard InChI is InChI=1S/C37H47ClN2O7/c1-21(2)16-30-35(43)45-29(24(5)32-33(47-32)26-11-8-10-22(3)17-26)12-9-13-31(41)40-28(19-25-15-14-23(4)27(38)18-25)34(42)39-20-37(6,7)36(44)46-30/h8-11,13-15,17-18,21,24,28-30,32-33H,12,16,19-20H2,1-7H3,(H,39,42)(H,40,41)/b13-9+/t24-,28+,29-,30-,32+,33+/m0/s1. The lowest BCUT2D eigenvalue weighted by atomic mass is 9.92. The van der Waals surface area contributed by atoms with Crippen LogP contribution in [0.1, 0.15) is 75.8 Å². The average Bonchev–Trinajstić information content (AvgIpc) is 3.80. The molecule has 4 rings (SSSR count). The van der Waals surface area contributed by atoms with Crippen LogP contribution in [0, 0.1) is 31.1 Å². The fraction of sp³-hybridized carbons (Fsp3) is 0.514. The predicted octanol–water partition coefficient (Wildman–Crippen LogP) is 5.73. The van der Waals surface area contributed by atoms with Crippen molar-refractivity contribution >= 4 is 35.4 Å². The summed E-state index contributed by atoms with van der Waals surface area (Å²) in [6, 6.07) is 12.6. The van der Waals surface area contributed by atoms with E-state index in [1.165, 1.54) is 6.08 Å². The summed E-state index contributed by atoms with van der Waals surface area (Å²) in [4.78, 5) is 53.6. The number of hydrogen-bond donors (Lipinski definition) is 2. The summed E-state index contributed by atoms with van der Waals surface area (Å²) in [6.45, 7) is 12.9. The Balaban J connectivity index is 1.61. The highest BCUT2D eigenvalue weighted by Crippen LogP contribution is 2.45. The molecule has 2 N–H and O–H groups in total. The number of ether oxygens (including phenoxy) is 3. The lowest BCUT2D eigenvalue weighted by Crippen LogP contribution is -2.51. The van der Waals surface area contributed by atoms with Crippen molar-refractivity contribution in [2.24, 2.45) is 17.3 Å². The molecule has 1 saturated heterocycles. The van der Waals surface area contributed by atoms with E-state index >= 15 is 0 Å². The van der Waals surface area contributed by atoms with E-state index in [0.29, 0.717) is 5.02 Å². The van der Waals surface area contributed by atoms with Crippen molar-refractivity contribution in [2.45, 2.75) is 98.2 Å². The van der Waals surface area contributed by atoms with Crippen LogP contribution in [0.3, 0.4) is 0 Å². The highest BCUT2D eigenvalue weighted by atomic mass is 35.5. The van der Waals surface area contributed by atoms with E-state index in [4.69, 9.17) is 25.8 Å². The minimum absolute atomic E-state index is 0.0294. The Labute approximate surface area is 282 Å². The normalized spacial score (nSPS) is 26.9. The number of aryl methyl sites for hydroxylation is 2. The molecule has 2 aliphatic rings. The van der Waals surface area contributed by atoms with Crippen LogP contribution in [0.15, 0.2) is 54.6 Å². The highest BCUT2D eigenvalue weighted by Gasteiger charge is 2.48. The van der Waals surface area contributed by atoms with E-state index in [-0.39, 0.29) is 49.9 Å². The van der Waals surface area contributed by atoms with Crippen molar-refractivity contribution < 1.29 is 33.4 Å². The summed E-state index contributed by atoms with van der Waals surface area (Å²) in [5.74, 6) is -2.46. The van der Waals surface area contributed by atoms with Gasteiger partial charge in [0.25, 0.3) is 0 Å². The minimum atomic E-state index is -1.18. The summed E-state index contributed by atoms with van der Waals surface area (Å²) >= 11 is 6.33. The van der Waals surface area contributed by atoms with Crippen molar-refractivity contribution in [3.05, 3.63) is 81.9 Å². The molecule has 2 heterocycles. The predicted molar refractivity (Wildman–Crippen MR) is 180 cm³/mol. The molecule has 1 fully saturated rings. The molecule has 0 unspecified atom stereocenters. The van der Waals surface area contributed by atoms with E-state index in [9.17, 15) is 19.2 Å². The summed E-state index contributed by atoms with van der Waals surface area (Å²) in [5, 5.41) is 6.14. The van der Waals surface area contributed by atoms with Gasteiger partial charge in [-0.25, -0.2) is 4.79 Å². The molecule has 0 radical (unpaired) electrons.